The summed E-state index contributed by atoms with van der Waals surface area (Å²) < 4.78 is 0. The normalized spacial score (nSPS) is 11.3. The van der Waals surface area contributed by atoms with Crippen molar-refractivity contribution in [2.24, 2.45) is 5.73 Å². The van der Waals surface area contributed by atoms with Gasteiger partial charge in [-0.1, -0.05) is 42.1 Å². The average molecular weight is 427 g/mol. The van der Waals surface area contributed by atoms with Gasteiger partial charge in [-0.2, -0.15) is 0 Å². The molecule has 27 heavy (non-hydrogen) atoms. The van der Waals surface area contributed by atoms with Crippen LogP contribution in [-0.4, -0.2) is 28.5 Å². The minimum Gasteiger partial charge on any atom is -0.352 e. The summed E-state index contributed by atoms with van der Waals surface area (Å²) in [6.07, 6.45) is 0.766. The van der Waals surface area contributed by atoms with Crippen LogP contribution in [0.15, 0.2) is 53.7 Å². The number of para-hydroxylation sites is 2. The summed E-state index contributed by atoms with van der Waals surface area (Å²) in [5.41, 5.74) is 9.39. The number of halogens is 2. The number of aromatic nitrogens is 2. The van der Waals surface area contributed by atoms with Crippen LogP contribution in [0.2, 0.25) is 0 Å². The first-order chi connectivity index (χ1) is 12.1. The molecule has 0 bridgehead atoms. The van der Waals surface area contributed by atoms with Crippen molar-refractivity contribution in [3.05, 3.63) is 59.7 Å². The lowest BCUT2D eigenvalue weighted by Gasteiger charge is -2.10. The molecule has 3 rings (SSSR count). The van der Waals surface area contributed by atoms with Crippen LogP contribution in [0.4, 0.5) is 0 Å². The number of imidazole rings is 1. The fourth-order valence-electron chi connectivity index (χ4n) is 2.52. The zero-order chi connectivity index (χ0) is 17.6. The Labute approximate surface area is 175 Å². The van der Waals surface area contributed by atoms with E-state index in [2.05, 4.69) is 15.3 Å². The van der Waals surface area contributed by atoms with Gasteiger partial charge in [-0.3, -0.25) is 4.79 Å². The quantitative estimate of drug-likeness (QED) is 0.495. The van der Waals surface area contributed by atoms with E-state index in [9.17, 15) is 4.79 Å². The van der Waals surface area contributed by atoms with E-state index in [0.717, 1.165) is 28.2 Å². The Balaban J connectivity index is 0.00000182. The number of benzene rings is 2. The van der Waals surface area contributed by atoms with E-state index in [1.54, 1.807) is 11.8 Å². The second-order valence-corrected chi connectivity index (χ2v) is 6.99. The fraction of sp³-hybridized carbons (Fsp3) is 0.263. The van der Waals surface area contributed by atoms with Crippen LogP contribution >= 0.6 is 36.6 Å². The van der Waals surface area contributed by atoms with Gasteiger partial charge in [0, 0.05) is 23.9 Å². The van der Waals surface area contributed by atoms with E-state index in [0.29, 0.717) is 17.9 Å². The van der Waals surface area contributed by atoms with Gasteiger partial charge < -0.3 is 16.0 Å². The van der Waals surface area contributed by atoms with Gasteiger partial charge in [-0.25, -0.2) is 4.98 Å². The molecule has 0 radical (unpaired) electrons. The number of rotatable bonds is 7. The maximum Gasteiger partial charge on any atom is 0.251 e. The van der Waals surface area contributed by atoms with E-state index in [-0.39, 0.29) is 36.8 Å². The Hall–Kier alpha value is -1.73. The summed E-state index contributed by atoms with van der Waals surface area (Å²) in [7, 11) is 0. The lowest BCUT2D eigenvalue weighted by molar-refractivity contribution is 0.0952. The summed E-state index contributed by atoms with van der Waals surface area (Å²) in [6.45, 7) is 2.52. The number of nitrogens with one attached hydrogen (secondary N) is 2. The first kappa shape index (κ1) is 23.3. The Bertz CT molecular complexity index is 837. The van der Waals surface area contributed by atoms with Crippen molar-refractivity contribution < 1.29 is 4.79 Å². The molecule has 8 heteroatoms. The van der Waals surface area contributed by atoms with Crippen LogP contribution in [0, 0.1) is 0 Å². The van der Waals surface area contributed by atoms with Crippen molar-refractivity contribution >= 4 is 53.5 Å². The monoisotopic (exact) mass is 426 g/mol. The molecule has 0 aliphatic carbocycles. The van der Waals surface area contributed by atoms with E-state index in [4.69, 9.17) is 5.73 Å². The van der Waals surface area contributed by atoms with Crippen LogP contribution < -0.4 is 11.1 Å². The predicted octanol–water partition coefficient (Wildman–Crippen LogP) is 4.17. The molecular weight excluding hydrogens is 403 g/mol. The highest BCUT2D eigenvalue weighted by Gasteiger charge is 2.12. The lowest BCUT2D eigenvalue weighted by Crippen LogP contribution is -2.29. The molecule has 5 nitrogen and oxygen atoms in total. The highest BCUT2D eigenvalue weighted by Crippen LogP contribution is 2.24. The number of amides is 1. The molecular formula is C19H24Cl2N4OS. The Morgan fingerprint density at radius 2 is 1.89 bits per heavy atom. The molecule has 1 atom stereocenters. The number of thioether (sulfide) groups is 1. The Morgan fingerprint density at radius 1 is 1.19 bits per heavy atom. The standard InChI is InChI=1S/C19H22N4OS.2ClH/c1-13(20)10-11-21-18(24)15-7-3-2-6-14(15)12-25-19-22-16-8-4-5-9-17(16)23-19;;/h2-9,13H,10-12,20H2,1H3,(H,21,24)(H,22,23);2*1H. The highest BCUT2D eigenvalue weighted by molar-refractivity contribution is 7.98. The van der Waals surface area contributed by atoms with Gasteiger partial charge in [0.25, 0.3) is 5.91 Å². The number of fused-ring (bicyclic) bond motifs is 1. The zero-order valence-corrected chi connectivity index (χ0v) is 17.4. The smallest absolute Gasteiger partial charge is 0.251 e. The van der Waals surface area contributed by atoms with Crippen molar-refractivity contribution in [2.75, 3.05) is 6.54 Å². The van der Waals surface area contributed by atoms with E-state index in [1.807, 2.05) is 55.5 Å². The van der Waals surface area contributed by atoms with Crippen molar-refractivity contribution in [3.63, 3.8) is 0 Å². The lowest BCUT2D eigenvalue weighted by atomic mass is 10.1. The number of H-pyrrole nitrogens is 1. The predicted molar refractivity (Wildman–Crippen MR) is 117 cm³/mol. The summed E-state index contributed by atoms with van der Waals surface area (Å²) in [4.78, 5) is 20.3. The maximum absolute atomic E-state index is 12.4. The molecule has 3 aromatic rings. The van der Waals surface area contributed by atoms with Crippen LogP contribution in [0.5, 0.6) is 0 Å². The van der Waals surface area contributed by atoms with Crippen molar-refractivity contribution in [1.29, 1.82) is 0 Å². The minimum absolute atomic E-state index is 0. The number of carbonyl (C=O) groups is 1. The number of carbonyl (C=O) groups excluding carboxylic acids is 1. The van der Waals surface area contributed by atoms with Gasteiger partial charge in [0.05, 0.1) is 11.0 Å². The zero-order valence-electron chi connectivity index (χ0n) is 15.0. The Kier molecular flexibility index (Phi) is 9.66. The van der Waals surface area contributed by atoms with Gasteiger partial charge in [0.2, 0.25) is 0 Å². The second kappa shape index (κ2) is 11.2. The number of nitrogens with two attached hydrogens (primary N) is 1. The molecule has 0 aliphatic heterocycles. The molecule has 2 aromatic carbocycles. The van der Waals surface area contributed by atoms with Gasteiger partial charge >= 0.3 is 0 Å². The van der Waals surface area contributed by atoms with Crippen LogP contribution in [-0.2, 0) is 5.75 Å². The molecule has 1 unspecified atom stereocenters. The fourth-order valence-corrected chi connectivity index (χ4v) is 3.41. The van der Waals surface area contributed by atoms with Crippen LogP contribution in [0.1, 0.15) is 29.3 Å². The SMILES string of the molecule is CC(N)CCNC(=O)c1ccccc1CSc1nc2ccccc2[nH]1.Cl.Cl. The topological polar surface area (TPSA) is 83.8 Å². The maximum atomic E-state index is 12.4. The summed E-state index contributed by atoms with van der Waals surface area (Å²) in [5, 5.41) is 3.79. The number of nitrogens with zero attached hydrogens (tertiary/aromatic N) is 1. The van der Waals surface area contributed by atoms with Crippen molar-refractivity contribution in [1.82, 2.24) is 15.3 Å². The molecule has 1 aromatic heterocycles. The molecule has 1 amide bonds. The molecule has 0 spiro atoms. The summed E-state index contributed by atoms with van der Waals surface area (Å²) in [6, 6.07) is 15.7. The molecule has 0 fully saturated rings. The number of aromatic amines is 1. The first-order valence-corrected chi connectivity index (χ1v) is 9.31. The van der Waals surface area contributed by atoms with Gasteiger partial charge in [-0.15, -0.1) is 24.8 Å². The van der Waals surface area contributed by atoms with E-state index < -0.39 is 0 Å². The molecule has 146 valence electrons. The molecule has 0 saturated carbocycles. The molecule has 0 saturated heterocycles. The second-order valence-electron chi connectivity index (χ2n) is 6.03. The van der Waals surface area contributed by atoms with Crippen LogP contribution in [0.3, 0.4) is 0 Å². The van der Waals surface area contributed by atoms with Crippen molar-refractivity contribution in [3.8, 4) is 0 Å². The third-order valence-corrected chi connectivity index (χ3v) is 4.80. The Morgan fingerprint density at radius 3 is 2.63 bits per heavy atom. The number of hydrogen-bond acceptors (Lipinski definition) is 4. The summed E-state index contributed by atoms with van der Waals surface area (Å²) >= 11 is 1.59. The van der Waals surface area contributed by atoms with Gasteiger partial charge in [0.1, 0.15) is 0 Å². The van der Waals surface area contributed by atoms with Crippen LogP contribution in [0.25, 0.3) is 11.0 Å². The minimum atomic E-state index is -0.0542. The van der Waals surface area contributed by atoms with Gasteiger partial charge in [0.15, 0.2) is 5.16 Å². The van der Waals surface area contributed by atoms with Crippen molar-refractivity contribution in [2.45, 2.75) is 30.3 Å². The first-order valence-electron chi connectivity index (χ1n) is 8.32. The average Bonchev–Trinajstić information content (AvgIpc) is 3.02. The number of hydrogen-bond donors (Lipinski definition) is 3. The molecule has 4 N–H and O–H groups in total. The molecule has 0 aliphatic rings. The third kappa shape index (κ3) is 6.43. The van der Waals surface area contributed by atoms with E-state index in [1.165, 1.54) is 0 Å². The third-order valence-electron chi connectivity index (χ3n) is 3.88. The molecule has 1 heterocycles. The highest BCUT2D eigenvalue weighted by atomic mass is 35.5. The van der Waals surface area contributed by atoms with E-state index >= 15 is 0 Å². The van der Waals surface area contributed by atoms with Gasteiger partial charge in [-0.05, 0) is 37.1 Å². The summed E-state index contributed by atoms with van der Waals surface area (Å²) in [5.74, 6) is 0.623. The largest absolute Gasteiger partial charge is 0.352 e.